The van der Waals surface area contributed by atoms with Crippen molar-refractivity contribution in [3.05, 3.63) is 40.1 Å². The van der Waals surface area contributed by atoms with Crippen LogP contribution in [0.5, 0.6) is 0 Å². The largest absolute Gasteiger partial charge is 0.356 e. The van der Waals surface area contributed by atoms with Gasteiger partial charge in [0, 0.05) is 22.7 Å². The van der Waals surface area contributed by atoms with Crippen molar-refractivity contribution >= 4 is 50.4 Å². The topological polar surface area (TPSA) is 92.3 Å². The van der Waals surface area contributed by atoms with E-state index in [0.29, 0.717) is 18.7 Å². The summed E-state index contributed by atoms with van der Waals surface area (Å²) in [6.07, 6.45) is 1.35. The summed E-state index contributed by atoms with van der Waals surface area (Å²) in [7, 11) is -3.62. The molecule has 0 aliphatic carbocycles. The van der Waals surface area contributed by atoms with Crippen LogP contribution >= 0.6 is 23.1 Å². The Morgan fingerprint density at radius 3 is 2.76 bits per heavy atom. The van der Waals surface area contributed by atoms with Crippen LogP contribution in [0.25, 0.3) is 0 Å². The average molecular weight is 453 g/mol. The molecule has 1 aromatic carbocycles. The number of carbonyl (C=O) groups excluding carboxylic acids is 2. The zero-order chi connectivity index (χ0) is 21.0. The molecule has 0 saturated carbocycles. The molecular formula is C20H24N2O4S3. The lowest BCUT2D eigenvalue weighted by Crippen LogP contribution is -2.29. The second-order valence-corrected chi connectivity index (χ2v) is 11.2. The summed E-state index contributed by atoms with van der Waals surface area (Å²) < 4.78 is 25.3. The van der Waals surface area contributed by atoms with Gasteiger partial charge >= 0.3 is 0 Å². The third-order valence-electron chi connectivity index (χ3n) is 4.74. The van der Waals surface area contributed by atoms with E-state index in [1.54, 1.807) is 23.5 Å². The Balaban J connectivity index is 1.55. The molecule has 3 rings (SSSR count). The molecule has 29 heavy (non-hydrogen) atoms. The molecule has 2 amide bonds. The molecule has 0 radical (unpaired) electrons. The number of nitrogens with one attached hydrogen (secondary N) is 2. The van der Waals surface area contributed by atoms with Gasteiger partial charge in [-0.2, -0.15) is 0 Å². The van der Waals surface area contributed by atoms with E-state index in [4.69, 9.17) is 0 Å². The number of amides is 2. The Morgan fingerprint density at radius 1 is 1.28 bits per heavy atom. The minimum absolute atomic E-state index is 0.0954. The molecule has 2 heterocycles. The number of rotatable bonds is 8. The predicted octanol–water partition coefficient (Wildman–Crippen LogP) is 3.40. The van der Waals surface area contributed by atoms with E-state index in [-0.39, 0.29) is 34.1 Å². The molecule has 0 saturated heterocycles. The van der Waals surface area contributed by atoms with Crippen LogP contribution in [0, 0.1) is 6.92 Å². The molecule has 1 aliphatic heterocycles. The number of thioether (sulfide) groups is 1. The molecular weight excluding hydrogens is 428 g/mol. The van der Waals surface area contributed by atoms with Crippen molar-refractivity contribution in [2.24, 2.45) is 0 Å². The third kappa shape index (κ3) is 5.40. The first-order chi connectivity index (χ1) is 13.8. The summed E-state index contributed by atoms with van der Waals surface area (Å²) >= 11 is 3.09. The van der Waals surface area contributed by atoms with Gasteiger partial charge < -0.3 is 10.6 Å². The lowest BCUT2D eigenvalue weighted by Gasteiger charge is -2.23. The quantitative estimate of drug-likeness (QED) is 0.640. The maximum Gasteiger partial charge on any atom is 0.237 e. The zero-order valence-electron chi connectivity index (χ0n) is 16.4. The van der Waals surface area contributed by atoms with Gasteiger partial charge in [0.1, 0.15) is 0 Å². The fraction of sp³-hybridized carbons (Fsp3) is 0.400. The van der Waals surface area contributed by atoms with Crippen molar-refractivity contribution in [3.8, 4) is 0 Å². The van der Waals surface area contributed by atoms with Crippen LogP contribution in [-0.4, -0.2) is 37.8 Å². The van der Waals surface area contributed by atoms with Gasteiger partial charge in [0.05, 0.1) is 21.6 Å². The second kappa shape index (κ2) is 9.32. The van der Waals surface area contributed by atoms with Crippen molar-refractivity contribution in [2.75, 3.05) is 17.6 Å². The normalized spacial score (nSPS) is 16.2. The minimum Gasteiger partial charge on any atom is -0.356 e. The summed E-state index contributed by atoms with van der Waals surface area (Å²) in [6, 6.07) is 6.79. The Labute approximate surface area is 179 Å². The van der Waals surface area contributed by atoms with Crippen LogP contribution in [0.15, 0.2) is 39.4 Å². The van der Waals surface area contributed by atoms with Crippen molar-refractivity contribution < 1.29 is 18.0 Å². The van der Waals surface area contributed by atoms with Crippen LogP contribution in [0.3, 0.4) is 0 Å². The highest BCUT2D eigenvalue weighted by molar-refractivity contribution is 8.01. The Morgan fingerprint density at radius 2 is 2.07 bits per heavy atom. The van der Waals surface area contributed by atoms with E-state index in [2.05, 4.69) is 10.6 Å². The lowest BCUT2D eigenvalue weighted by molar-refractivity contribution is -0.120. The van der Waals surface area contributed by atoms with Gasteiger partial charge in [-0.1, -0.05) is 6.92 Å². The predicted molar refractivity (Wildman–Crippen MR) is 117 cm³/mol. The highest BCUT2D eigenvalue weighted by Crippen LogP contribution is 2.38. The van der Waals surface area contributed by atoms with Crippen LogP contribution < -0.4 is 10.6 Å². The smallest absolute Gasteiger partial charge is 0.237 e. The Bertz CT molecular complexity index is 1010. The van der Waals surface area contributed by atoms with Gasteiger partial charge in [-0.05, 0) is 55.0 Å². The molecule has 0 bridgehead atoms. The van der Waals surface area contributed by atoms with Crippen LogP contribution in [0.2, 0.25) is 0 Å². The van der Waals surface area contributed by atoms with Crippen LogP contribution in [-0.2, 0) is 25.8 Å². The molecule has 0 fully saturated rings. The van der Waals surface area contributed by atoms with Crippen molar-refractivity contribution in [1.29, 1.82) is 0 Å². The first-order valence-corrected chi connectivity index (χ1v) is 12.9. The van der Waals surface area contributed by atoms with Gasteiger partial charge in [0.25, 0.3) is 0 Å². The monoisotopic (exact) mass is 452 g/mol. The SMILES string of the molecule is CC[C@@H]1Sc2ccc(S(=O)(=O)CCC(=O)NCCc3sccc3C)cc2NC1=O. The van der Waals surface area contributed by atoms with Gasteiger partial charge in [-0.15, -0.1) is 23.1 Å². The highest BCUT2D eigenvalue weighted by Gasteiger charge is 2.27. The van der Waals surface area contributed by atoms with Gasteiger partial charge in [-0.25, -0.2) is 8.42 Å². The first kappa shape index (κ1) is 21.9. The maximum atomic E-state index is 12.6. The van der Waals surface area contributed by atoms with E-state index in [1.165, 1.54) is 28.3 Å². The fourth-order valence-corrected chi connectivity index (χ4v) is 6.20. The summed E-state index contributed by atoms with van der Waals surface area (Å²) in [5, 5.41) is 7.42. The summed E-state index contributed by atoms with van der Waals surface area (Å²) in [4.78, 5) is 26.3. The molecule has 1 aliphatic rings. The molecule has 2 aromatic rings. The van der Waals surface area contributed by atoms with Crippen LogP contribution in [0.1, 0.15) is 30.2 Å². The fourth-order valence-electron chi connectivity index (χ4n) is 3.00. The number of thiophene rings is 1. The molecule has 0 spiro atoms. The Kier molecular flexibility index (Phi) is 7.02. The summed E-state index contributed by atoms with van der Waals surface area (Å²) in [5.41, 5.74) is 1.72. The van der Waals surface area contributed by atoms with E-state index in [1.807, 2.05) is 25.3 Å². The second-order valence-electron chi connectivity index (χ2n) is 6.86. The number of sulfone groups is 1. The Hall–Kier alpha value is -1.84. The van der Waals surface area contributed by atoms with Gasteiger partial charge in [-0.3, -0.25) is 9.59 Å². The van der Waals surface area contributed by atoms with E-state index in [0.717, 1.165) is 11.3 Å². The minimum atomic E-state index is -3.62. The molecule has 156 valence electrons. The van der Waals surface area contributed by atoms with E-state index >= 15 is 0 Å². The third-order valence-corrected chi connectivity index (χ3v) is 8.98. The summed E-state index contributed by atoms with van der Waals surface area (Å²) in [6.45, 7) is 4.46. The van der Waals surface area contributed by atoms with Crippen LogP contribution in [0.4, 0.5) is 5.69 Å². The number of carbonyl (C=O) groups is 2. The standard InChI is InChI=1S/C20H24N2O4S3/c1-3-16-20(24)22-15-12-14(4-5-18(15)28-16)29(25,26)11-8-19(23)21-9-6-17-13(2)7-10-27-17/h4-5,7,10,12,16H,3,6,8-9,11H2,1-2H3,(H,21,23)(H,22,24)/t16-/m0/s1. The molecule has 1 atom stereocenters. The molecule has 9 heteroatoms. The highest BCUT2D eigenvalue weighted by atomic mass is 32.2. The first-order valence-electron chi connectivity index (χ1n) is 9.44. The number of anilines is 1. The molecule has 6 nitrogen and oxygen atoms in total. The number of fused-ring (bicyclic) bond motifs is 1. The van der Waals surface area contributed by atoms with Crippen molar-refractivity contribution in [2.45, 2.75) is 48.2 Å². The van der Waals surface area contributed by atoms with E-state index in [9.17, 15) is 18.0 Å². The lowest BCUT2D eigenvalue weighted by atomic mass is 10.2. The van der Waals surface area contributed by atoms with Crippen molar-refractivity contribution in [3.63, 3.8) is 0 Å². The van der Waals surface area contributed by atoms with Gasteiger partial charge in [0.15, 0.2) is 9.84 Å². The number of hydrogen-bond donors (Lipinski definition) is 2. The molecule has 1 aromatic heterocycles. The van der Waals surface area contributed by atoms with Crippen molar-refractivity contribution in [1.82, 2.24) is 5.32 Å². The number of benzene rings is 1. The van der Waals surface area contributed by atoms with Gasteiger partial charge in [0.2, 0.25) is 11.8 Å². The average Bonchev–Trinajstić information content (AvgIpc) is 3.10. The number of hydrogen-bond acceptors (Lipinski definition) is 6. The maximum absolute atomic E-state index is 12.6. The molecule has 0 unspecified atom stereocenters. The summed E-state index contributed by atoms with van der Waals surface area (Å²) in [5.74, 6) is -0.663. The zero-order valence-corrected chi connectivity index (χ0v) is 18.8. The number of aryl methyl sites for hydroxylation is 1. The van der Waals surface area contributed by atoms with E-state index < -0.39 is 9.84 Å². The molecule has 2 N–H and O–H groups in total.